The molecule has 1 aromatic carbocycles. The summed E-state index contributed by atoms with van der Waals surface area (Å²) in [6, 6.07) is 14.3. The molecule has 0 atom stereocenters. The second kappa shape index (κ2) is 6.50. The average Bonchev–Trinajstić information content (AvgIpc) is 3.18. The molecule has 0 unspecified atom stereocenters. The van der Waals surface area contributed by atoms with Gasteiger partial charge >= 0.3 is 0 Å². The zero-order chi connectivity index (χ0) is 18.2. The van der Waals surface area contributed by atoms with Crippen molar-refractivity contribution in [1.82, 2.24) is 24.6 Å². The van der Waals surface area contributed by atoms with Crippen molar-refractivity contribution in [2.24, 2.45) is 0 Å². The van der Waals surface area contributed by atoms with Crippen molar-refractivity contribution in [2.45, 2.75) is 13.3 Å². The molecule has 27 heavy (non-hydrogen) atoms. The Bertz CT molecular complexity index is 1080. The molecule has 5 rings (SSSR count). The van der Waals surface area contributed by atoms with Crippen LogP contribution in [0.15, 0.2) is 48.7 Å². The average molecular weight is 359 g/mol. The number of nitrogens with zero attached hydrogens (tertiary/aromatic N) is 7. The Morgan fingerprint density at radius 1 is 0.889 bits per heavy atom. The molecule has 0 spiro atoms. The highest BCUT2D eigenvalue weighted by Crippen LogP contribution is 2.26. The molecule has 136 valence electrons. The van der Waals surface area contributed by atoms with Gasteiger partial charge in [-0.2, -0.15) is 0 Å². The number of benzene rings is 1. The van der Waals surface area contributed by atoms with E-state index in [1.165, 1.54) is 0 Å². The highest BCUT2D eigenvalue weighted by molar-refractivity contribution is 5.83. The second-order valence-corrected chi connectivity index (χ2v) is 6.71. The minimum Gasteiger partial charge on any atom is -0.353 e. The Balaban J connectivity index is 1.53. The summed E-state index contributed by atoms with van der Waals surface area (Å²) in [7, 11) is 0. The van der Waals surface area contributed by atoms with Crippen molar-refractivity contribution < 1.29 is 0 Å². The summed E-state index contributed by atoms with van der Waals surface area (Å²) in [5.41, 5.74) is 2.88. The highest BCUT2D eigenvalue weighted by atomic mass is 15.3. The lowest BCUT2D eigenvalue weighted by molar-refractivity contribution is 0.643. The van der Waals surface area contributed by atoms with Crippen LogP contribution in [0.2, 0.25) is 0 Å². The first-order valence-corrected chi connectivity index (χ1v) is 9.39. The molecule has 0 amide bonds. The third-order valence-electron chi connectivity index (χ3n) is 5.15. The topological polar surface area (TPSA) is 62.5 Å². The lowest BCUT2D eigenvalue weighted by Crippen LogP contribution is -2.47. The van der Waals surface area contributed by atoms with E-state index < -0.39 is 0 Å². The summed E-state index contributed by atoms with van der Waals surface area (Å²) < 4.78 is 2.16. The summed E-state index contributed by atoms with van der Waals surface area (Å²) in [6.45, 7) is 5.69. The van der Waals surface area contributed by atoms with Gasteiger partial charge in [0, 0.05) is 38.8 Å². The van der Waals surface area contributed by atoms with E-state index in [0.29, 0.717) is 0 Å². The summed E-state index contributed by atoms with van der Waals surface area (Å²) in [4.78, 5) is 14.0. The Morgan fingerprint density at radius 3 is 2.44 bits per heavy atom. The van der Waals surface area contributed by atoms with E-state index in [9.17, 15) is 0 Å². The van der Waals surface area contributed by atoms with Gasteiger partial charge in [-0.15, -0.1) is 10.2 Å². The quantitative estimate of drug-likeness (QED) is 0.560. The molecule has 1 saturated heterocycles. The first-order valence-electron chi connectivity index (χ1n) is 9.39. The molecule has 0 aliphatic carbocycles. The summed E-state index contributed by atoms with van der Waals surface area (Å²) >= 11 is 0. The molecule has 1 aliphatic rings. The van der Waals surface area contributed by atoms with E-state index in [1.54, 1.807) is 0 Å². The van der Waals surface area contributed by atoms with Crippen molar-refractivity contribution in [3.05, 3.63) is 54.5 Å². The summed E-state index contributed by atoms with van der Waals surface area (Å²) in [6.07, 6.45) is 2.68. The van der Waals surface area contributed by atoms with Crippen LogP contribution in [0.4, 0.5) is 11.6 Å². The number of hydrogen-bond acceptors (Lipinski definition) is 6. The van der Waals surface area contributed by atoms with Gasteiger partial charge in [0.25, 0.3) is 0 Å². The predicted octanol–water partition coefficient (Wildman–Crippen LogP) is 2.56. The van der Waals surface area contributed by atoms with Gasteiger partial charge in [0.05, 0.1) is 11.0 Å². The lowest BCUT2D eigenvalue weighted by atomic mass is 10.2. The first-order chi connectivity index (χ1) is 13.3. The van der Waals surface area contributed by atoms with E-state index in [-0.39, 0.29) is 0 Å². The van der Waals surface area contributed by atoms with Gasteiger partial charge in [0.2, 0.25) is 5.65 Å². The van der Waals surface area contributed by atoms with E-state index in [0.717, 1.165) is 66.7 Å². The minimum absolute atomic E-state index is 0.835. The fourth-order valence-corrected chi connectivity index (χ4v) is 3.76. The molecule has 3 aromatic heterocycles. The summed E-state index contributed by atoms with van der Waals surface area (Å²) in [5.74, 6) is 2.92. The fourth-order valence-electron chi connectivity index (χ4n) is 3.76. The number of rotatable bonds is 3. The van der Waals surface area contributed by atoms with Gasteiger partial charge in [-0.05, 0) is 24.3 Å². The van der Waals surface area contributed by atoms with E-state index in [4.69, 9.17) is 4.98 Å². The van der Waals surface area contributed by atoms with E-state index >= 15 is 0 Å². The maximum absolute atomic E-state index is 4.94. The van der Waals surface area contributed by atoms with Gasteiger partial charge in [-0.3, -0.25) is 4.40 Å². The Kier molecular flexibility index (Phi) is 3.85. The normalized spacial score (nSPS) is 15.0. The van der Waals surface area contributed by atoms with Crippen LogP contribution in [0.25, 0.3) is 16.7 Å². The van der Waals surface area contributed by atoms with Crippen molar-refractivity contribution in [3.8, 4) is 0 Å². The highest BCUT2D eigenvalue weighted by Gasteiger charge is 2.23. The monoisotopic (exact) mass is 359 g/mol. The van der Waals surface area contributed by atoms with E-state index in [2.05, 4.69) is 54.5 Å². The van der Waals surface area contributed by atoms with Gasteiger partial charge in [-0.1, -0.05) is 25.1 Å². The number of aromatic nitrogens is 5. The minimum atomic E-state index is 0.835. The number of pyridine rings is 1. The molecule has 7 nitrogen and oxygen atoms in total. The molecular weight excluding hydrogens is 338 g/mol. The zero-order valence-electron chi connectivity index (χ0n) is 15.3. The Hall–Kier alpha value is -3.22. The molecule has 1 fully saturated rings. The number of aryl methyl sites for hydroxylation is 1. The second-order valence-electron chi connectivity index (χ2n) is 6.71. The lowest BCUT2D eigenvalue weighted by Gasteiger charge is -2.36. The molecule has 0 saturated carbocycles. The number of piperazine rings is 1. The Morgan fingerprint density at radius 2 is 1.67 bits per heavy atom. The van der Waals surface area contributed by atoms with Crippen molar-refractivity contribution >= 4 is 28.3 Å². The van der Waals surface area contributed by atoms with Crippen LogP contribution in [0.3, 0.4) is 0 Å². The van der Waals surface area contributed by atoms with Crippen LogP contribution in [0.5, 0.6) is 0 Å². The fraction of sp³-hybridized carbons (Fsp3) is 0.300. The van der Waals surface area contributed by atoms with Crippen LogP contribution in [-0.2, 0) is 6.42 Å². The van der Waals surface area contributed by atoms with Gasteiger partial charge in [-0.25, -0.2) is 9.97 Å². The third kappa shape index (κ3) is 2.66. The molecule has 0 radical (unpaired) electrons. The van der Waals surface area contributed by atoms with Crippen molar-refractivity contribution in [2.75, 3.05) is 36.0 Å². The predicted molar refractivity (Wildman–Crippen MR) is 106 cm³/mol. The number of para-hydroxylation sites is 2. The zero-order valence-corrected chi connectivity index (χ0v) is 15.3. The SMILES string of the molecule is CCc1nnc2c(N3CCN(c4ccccn4)CC3)nc3ccccc3n12. The van der Waals surface area contributed by atoms with Gasteiger partial charge < -0.3 is 9.80 Å². The van der Waals surface area contributed by atoms with Crippen LogP contribution < -0.4 is 9.80 Å². The third-order valence-corrected chi connectivity index (χ3v) is 5.15. The van der Waals surface area contributed by atoms with Crippen molar-refractivity contribution in [3.63, 3.8) is 0 Å². The summed E-state index contributed by atoms with van der Waals surface area (Å²) in [5, 5.41) is 8.88. The van der Waals surface area contributed by atoms with Gasteiger partial charge in [0.15, 0.2) is 5.82 Å². The maximum atomic E-state index is 4.94. The smallest absolute Gasteiger partial charge is 0.204 e. The molecule has 4 aromatic rings. The Labute approximate surface area is 157 Å². The standard InChI is InChI=1S/C20H21N7/c1-2-17-23-24-20-19(22-15-7-3-4-8-16(15)27(17)20)26-13-11-25(12-14-26)18-9-5-6-10-21-18/h3-10H,2,11-14H2,1H3. The molecular formula is C20H21N7. The molecule has 4 heterocycles. The van der Waals surface area contributed by atoms with Crippen LogP contribution in [0, 0.1) is 0 Å². The largest absolute Gasteiger partial charge is 0.353 e. The van der Waals surface area contributed by atoms with Gasteiger partial charge in [0.1, 0.15) is 11.6 Å². The van der Waals surface area contributed by atoms with Crippen LogP contribution in [0.1, 0.15) is 12.7 Å². The molecule has 1 aliphatic heterocycles. The van der Waals surface area contributed by atoms with Crippen LogP contribution >= 0.6 is 0 Å². The maximum Gasteiger partial charge on any atom is 0.204 e. The molecule has 0 bridgehead atoms. The van der Waals surface area contributed by atoms with Crippen molar-refractivity contribution in [1.29, 1.82) is 0 Å². The number of hydrogen-bond donors (Lipinski definition) is 0. The molecule has 7 heteroatoms. The van der Waals surface area contributed by atoms with Crippen LogP contribution in [-0.4, -0.2) is 50.7 Å². The molecule has 0 N–H and O–H groups in total. The first kappa shape index (κ1) is 16.0. The number of fused-ring (bicyclic) bond motifs is 3. The van der Waals surface area contributed by atoms with E-state index in [1.807, 2.05) is 30.5 Å². The number of anilines is 2.